The molecule has 1 saturated heterocycles. The van der Waals surface area contributed by atoms with Crippen molar-refractivity contribution < 1.29 is 4.79 Å². The molecule has 0 unspecified atom stereocenters. The number of amides is 1. The molecule has 1 aliphatic rings. The van der Waals surface area contributed by atoms with Crippen LogP contribution < -0.4 is 4.90 Å². The van der Waals surface area contributed by atoms with Gasteiger partial charge in [-0.3, -0.25) is 4.79 Å². The molecule has 6 heteroatoms. The summed E-state index contributed by atoms with van der Waals surface area (Å²) < 4.78 is 1.97. The second-order valence-electron chi connectivity index (χ2n) is 5.88. The summed E-state index contributed by atoms with van der Waals surface area (Å²) in [5, 5.41) is 0.765. The van der Waals surface area contributed by atoms with Gasteiger partial charge in [-0.05, 0) is 19.1 Å². The number of hydrogen-bond donors (Lipinski definition) is 0. The molecule has 1 aromatic carbocycles. The lowest BCUT2D eigenvalue weighted by Crippen LogP contribution is -2.49. The third-order valence-corrected chi connectivity index (χ3v) is 4.65. The summed E-state index contributed by atoms with van der Waals surface area (Å²) in [5.74, 6) is 0.199. The maximum absolute atomic E-state index is 12.5. The van der Waals surface area contributed by atoms with Crippen LogP contribution in [0.1, 0.15) is 19.4 Å². The molecule has 1 aromatic heterocycles. The van der Waals surface area contributed by atoms with E-state index >= 15 is 0 Å². The molecule has 1 fully saturated rings. The number of benzene rings is 1. The number of nitrogens with zero attached hydrogens (tertiary/aromatic N) is 4. The van der Waals surface area contributed by atoms with Gasteiger partial charge in [0.25, 0.3) is 0 Å². The Labute approximate surface area is 141 Å². The van der Waals surface area contributed by atoms with Gasteiger partial charge < -0.3 is 14.4 Å². The van der Waals surface area contributed by atoms with Crippen molar-refractivity contribution in [3.8, 4) is 0 Å². The molecule has 1 aliphatic heterocycles. The molecule has 23 heavy (non-hydrogen) atoms. The summed E-state index contributed by atoms with van der Waals surface area (Å²) in [5.41, 5.74) is 1.05. The number of halogens is 1. The number of carbonyl (C=O) groups is 1. The fourth-order valence-electron chi connectivity index (χ4n) is 2.92. The Kier molecular flexibility index (Phi) is 4.86. The lowest BCUT2D eigenvalue weighted by molar-refractivity contribution is -0.132. The molecule has 122 valence electrons. The number of anilines is 1. The average Bonchev–Trinajstić information content (AvgIpc) is 3.10. The van der Waals surface area contributed by atoms with Crippen LogP contribution in [0.15, 0.2) is 43.0 Å². The number of carbonyl (C=O) groups excluding carboxylic acids is 1. The molecule has 0 bridgehead atoms. The first-order valence-electron chi connectivity index (χ1n) is 7.90. The average molecular weight is 333 g/mol. The number of hydrogen-bond acceptors (Lipinski definition) is 3. The molecule has 3 rings (SSSR count). The summed E-state index contributed by atoms with van der Waals surface area (Å²) in [4.78, 5) is 20.7. The highest BCUT2D eigenvalue weighted by Gasteiger charge is 2.23. The zero-order chi connectivity index (χ0) is 16.2. The summed E-state index contributed by atoms with van der Waals surface area (Å²) >= 11 is 6.25. The zero-order valence-corrected chi connectivity index (χ0v) is 14.0. The summed E-state index contributed by atoms with van der Waals surface area (Å²) in [6.07, 6.45) is 5.90. The van der Waals surface area contributed by atoms with Gasteiger partial charge in [0, 0.05) is 51.0 Å². The zero-order valence-electron chi connectivity index (χ0n) is 13.2. The highest BCUT2D eigenvalue weighted by atomic mass is 35.5. The van der Waals surface area contributed by atoms with Crippen LogP contribution in [0.2, 0.25) is 5.02 Å². The Morgan fingerprint density at radius 1 is 1.26 bits per heavy atom. The van der Waals surface area contributed by atoms with E-state index in [1.54, 1.807) is 12.5 Å². The standard InChI is InChI=1S/C17H21ClN4O/c1-14(22-7-6-19-13-22)12-17(23)21-10-8-20(9-11-21)16-5-3-2-4-15(16)18/h2-7,13-14H,8-12H2,1H3/t14-/m0/s1. The van der Waals surface area contributed by atoms with Crippen LogP contribution in [-0.2, 0) is 4.79 Å². The number of para-hydroxylation sites is 1. The van der Waals surface area contributed by atoms with E-state index in [0.29, 0.717) is 6.42 Å². The minimum absolute atomic E-state index is 0.131. The molecule has 5 nitrogen and oxygen atoms in total. The van der Waals surface area contributed by atoms with Gasteiger partial charge in [0.05, 0.1) is 17.0 Å². The number of aromatic nitrogens is 2. The second kappa shape index (κ2) is 7.04. The third-order valence-electron chi connectivity index (χ3n) is 4.33. The van der Waals surface area contributed by atoms with Crippen molar-refractivity contribution in [1.82, 2.24) is 14.5 Å². The Hall–Kier alpha value is -2.01. The van der Waals surface area contributed by atoms with Gasteiger partial charge >= 0.3 is 0 Å². The first-order chi connectivity index (χ1) is 11.1. The van der Waals surface area contributed by atoms with Crippen molar-refractivity contribution in [2.24, 2.45) is 0 Å². The van der Waals surface area contributed by atoms with E-state index in [9.17, 15) is 4.79 Å². The Morgan fingerprint density at radius 3 is 2.65 bits per heavy atom. The van der Waals surface area contributed by atoms with Crippen LogP contribution in [0.5, 0.6) is 0 Å². The van der Waals surface area contributed by atoms with Gasteiger partial charge in [-0.2, -0.15) is 0 Å². The molecule has 0 spiro atoms. The molecule has 0 aliphatic carbocycles. The number of piperazine rings is 1. The monoisotopic (exact) mass is 332 g/mol. The molecule has 0 N–H and O–H groups in total. The quantitative estimate of drug-likeness (QED) is 0.864. The molecule has 0 saturated carbocycles. The predicted molar refractivity (Wildman–Crippen MR) is 91.8 cm³/mol. The van der Waals surface area contributed by atoms with Crippen LogP contribution in [-0.4, -0.2) is 46.5 Å². The van der Waals surface area contributed by atoms with Crippen molar-refractivity contribution >= 4 is 23.2 Å². The maximum Gasteiger partial charge on any atom is 0.224 e. The highest BCUT2D eigenvalue weighted by molar-refractivity contribution is 6.33. The summed E-state index contributed by atoms with van der Waals surface area (Å²) in [6.45, 7) is 5.14. The summed E-state index contributed by atoms with van der Waals surface area (Å²) in [6, 6.07) is 7.99. The van der Waals surface area contributed by atoms with E-state index < -0.39 is 0 Å². The first kappa shape index (κ1) is 15.9. The van der Waals surface area contributed by atoms with Crippen molar-refractivity contribution in [3.63, 3.8) is 0 Å². The van der Waals surface area contributed by atoms with Gasteiger partial charge in [0.15, 0.2) is 0 Å². The SMILES string of the molecule is C[C@@H](CC(=O)N1CCN(c2ccccc2Cl)CC1)n1ccnc1. The molecular weight excluding hydrogens is 312 g/mol. The minimum atomic E-state index is 0.131. The van der Waals surface area contributed by atoms with Crippen LogP contribution in [0.25, 0.3) is 0 Å². The number of imidazole rings is 1. The van der Waals surface area contributed by atoms with Gasteiger partial charge in [-0.15, -0.1) is 0 Å². The Morgan fingerprint density at radius 2 is 2.00 bits per heavy atom. The molecule has 1 atom stereocenters. The van der Waals surface area contributed by atoms with Gasteiger partial charge in [0.2, 0.25) is 5.91 Å². The molecular formula is C17H21ClN4O. The van der Waals surface area contributed by atoms with E-state index in [4.69, 9.17) is 11.6 Å². The molecule has 0 radical (unpaired) electrons. The predicted octanol–water partition coefficient (Wildman–Crippen LogP) is 2.84. The summed E-state index contributed by atoms with van der Waals surface area (Å²) in [7, 11) is 0. The molecule has 2 heterocycles. The normalized spacial score (nSPS) is 16.4. The minimum Gasteiger partial charge on any atom is -0.367 e. The van der Waals surface area contributed by atoms with Crippen molar-refractivity contribution in [2.45, 2.75) is 19.4 Å². The second-order valence-corrected chi connectivity index (χ2v) is 6.29. The lowest BCUT2D eigenvalue weighted by Gasteiger charge is -2.37. The molecule has 2 aromatic rings. The van der Waals surface area contributed by atoms with Gasteiger partial charge in [0.1, 0.15) is 0 Å². The van der Waals surface area contributed by atoms with Crippen molar-refractivity contribution in [1.29, 1.82) is 0 Å². The fraction of sp³-hybridized carbons (Fsp3) is 0.412. The fourth-order valence-corrected chi connectivity index (χ4v) is 3.18. The van der Waals surface area contributed by atoms with E-state index in [1.807, 2.05) is 46.9 Å². The van der Waals surface area contributed by atoms with Crippen molar-refractivity contribution in [3.05, 3.63) is 48.0 Å². The molecule has 1 amide bonds. The third kappa shape index (κ3) is 3.67. The van der Waals surface area contributed by atoms with E-state index in [2.05, 4.69) is 9.88 Å². The Bertz CT molecular complexity index is 650. The van der Waals surface area contributed by atoms with Gasteiger partial charge in [-0.25, -0.2) is 4.98 Å². The lowest BCUT2D eigenvalue weighted by atomic mass is 10.2. The van der Waals surface area contributed by atoms with Crippen molar-refractivity contribution in [2.75, 3.05) is 31.1 Å². The van der Waals surface area contributed by atoms with Crippen LogP contribution in [0.3, 0.4) is 0 Å². The van der Waals surface area contributed by atoms with Gasteiger partial charge in [-0.1, -0.05) is 23.7 Å². The first-order valence-corrected chi connectivity index (χ1v) is 8.27. The van der Waals surface area contributed by atoms with E-state index in [-0.39, 0.29) is 11.9 Å². The van der Waals surface area contributed by atoms with Crippen LogP contribution in [0.4, 0.5) is 5.69 Å². The van der Waals surface area contributed by atoms with E-state index in [1.165, 1.54) is 0 Å². The topological polar surface area (TPSA) is 41.4 Å². The smallest absolute Gasteiger partial charge is 0.224 e. The van der Waals surface area contributed by atoms with Crippen LogP contribution >= 0.6 is 11.6 Å². The van der Waals surface area contributed by atoms with Crippen LogP contribution in [0, 0.1) is 0 Å². The largest absolute Gasteiger partial charge is 0.367 e. The number of rotatable bonds is 4. The highest BCUT2D eigenvalue weighted by Crippen LogP contribution is 2.26. The Balaban J connectivity index is 1.54. The van der Waals surface area contributed by atoms with E-state index in [0.717, 1.165) is 36.9 Å². The maximum atomic E-state index is 12.5.